The molecule has 0 fully saturated rings. The lowest BCUT2D eigenvalue weighted by atomic mass is 10.1. The van der Waals surface area contributed by atoms with Gasteiger partial charge in [0, 0.05) is 18.2 Å². The minimum Gasteiger partial charge on any atom is -0.314 e. The molecule has 0 spiro atoms. The summed E-state index contributed by atoms with van der Waals surface area (Å²) in [6, 6.07) is 17.6. The van der Waals surface area contributed by atoms with E-state index >= 15 is 0 Å². The van der Waals surface area contributed by atoms with E-state index in [-0.39, 0.29) is 10.6 Å². The standard InChI is InChI=1S/C18H22N2O2/c1-15(14-17-9-11-18(12-10-17)20(21)22)19-13-5-8-16-6-3-2-4-7-16/h2-4,6-7,9-12,15,19H,5,8,13-14H2,1H3. The smallest absolute Gasteiger partial charge is 0.269 e. The fourth-order valence-electron chi connectivity index (χ4n) is 2.47. The highest BCUT2D eigenvalue weighted by atomic mass is 16.6. The van der Waals surface area contributed by atoms with Gasteiger partial charge in [-0.3, -0.25) is 10.1 Å². The Hall–Kier alpha value is -2.20. The third-order valence-corrected chi connectivity index (χ3v) is 3.67. The Morgan fingerprint density at radius 2 is 1.73 bits per heavy atom. The van der Waals surface area contributed by atoms with Crippen molar-refractivity contribution in [1.82, 2.24) is 5.32 Å². The van der Waals surface area contributed by atoms with Crippen LogP contribution in [0, 0.1) is 10.1 Å². The first kappa shape index (κ1) is 16.2. The average Bonchev–Trinajstić information content (AvgIpc) is 2.53. The molecule has 2 rings (SSSR count). The lowest BCUT2D eigenvalue weighted by molar-refractivity contribution is -0.384. The molecule has 0 radical (unpaired) electrons. The van der Waals surface area contributed by atoms with E-state index < -0.39 is 0 Å². The van der Waals surface area contributed by atoms with E-state index in [0.717, 1.165) is 31.4 Å². The van der Waals surface area contributed by atoms with E-state index in [4.69, 9.17) is 0 Å². The topological polar surface area (TPSA) is 55.2 Å². The Bertz CT molecular complexity index is 582. The van der Waals surface area contributed by atoms with Crippen LogP contribution in [0.5, 0.6) is 0 Å². The van der Waals surface area contributed by atoms with Gasteiger partial charge < -0.3 is 5.32 Å². The highest BCUT2D eigenvalue weighted by Crippen LogP contribution is 2.13. The molecule has 0 aliphatic rings. The molecular weight excluding hydrogens is 276 g/mol. The molecule has 0 amide bonds. The predicted octanol–water partition coefficient (Wildman–Crippen LogP) is 3.75. The molecule has 2 aromatic carbocycles. The maximum absolute atomic E-state index is 10.6. The molecule has 2 aromatic rings. The van der Waals surface area contributed by atoms with E-state index in [1.54, 1.807) is 12.1 Å². The Balaban J connectivity index is 1.69. The molecule has 0 aliphatic heterocycles. The first-order valence-electron chi connectivity index (χ1n) is 7.66. The van der Waals surface area contributed by atoms with Crippen molar-refractivity contribution in [2.75, 3.05) is 6.54 Å². The monoisotopic (exact) mass is 298 g/mol. The Morgan fingerprint density at radius 1 is 1.05 bits per heavy atom. The van der Waals surface area contributed by atoms with Gasteiger partial charge in [0.05, 0.1) is 4.92 Å². The second-order valence-corrected chi connectivity index (χ2v) is 5.57. The maximum atomic E-state index is 10.6. The highest BCUT2D eigenvalue weighted by Gasteiger charge is 2.06. The number of aryl methyl sites for hydroxylation is 1. The summed E-state index contributed by atoms with van der Waals surface area (Å²) in [6.45, 7) is 3.12. The van der Waals surface area contributed by atoms with Crippen LogP contribution in [0.15, 0.2) is 54.6 Å². The van der Waals surface area contributed by atoms with Crippen LogP contribution in [0.2, 0.25) is 0 Å². The van der Waals surface area contributed by atoms with Gasteiger partial charge in [0.15, 0.2) is 0 Å². The molecule has 0 aromatic heterocycles. The summed E-state index contributed by atoms with van der Waals surface area (Å²) in [7, 11) is 0. The molecule has 22 heavy (non-hydrogen) atoms. The minimum absolute atomic E-state index is 0.146. The largest absolute Gasteiger partial charge is 0.314 e. The maximum Gasteiger partial charge on any atom is 0.269 e. The van der Waals surface area contributed by atoms with E-state index in [0.29, 0.717) is 6.04 Å². The summed E-state index contributed by atoms with van der Waals surface area (Å²) in [5.41, 5.74) is 2.63. The third kappa shape index (κ3) is 5.30. The number of nitro groups is 1. The van der Waals surface area contributed by atoms with E-state index in [1.807, 2.05) is 18.2 Å². The number of nitrogens with one attached hydrogen (secondary N) is 1. The molecule has 0 heterocycles. The first-order chi connectivity index (χ1) is 10.6. The SMILES string of the molecule is CC(Cc1ccc([N+](=O)[O-])cc1)NCCCc1ccccc1. The first-order valence-corrected chi connectivity index (χ1v) is 7.66. The van der Waals surface area contributed by atoms with E-state index in [1.165, 1.54) is 5.56 Å². The van der Waals surface area contributed by atoms with Crippen molar-refractivity contribution in [3.8, 4) is 0 Å². The quantitative estimate of drug-likeness (QED) is 0.459. The third-order valence-electron chi connectivity index (χ3n) is 3.67. The van der Waals surface area contributed by atoms with Gasteiger partial charge in [-0.1, -0.05) is 42.5 Å². The van der Waals surface area contributed by atoms with Crippen LogP contribution in [-0.4, -0.2) is 17.5 Å². The van der Waals surface area contributed by atoms with Crippen LogP contribution in [0.4, 0.5) is 5.69 Å². The van der Waals surface area contributed by atoms with Crippen molar-refractivity contribution >= 4 is 5.69 Å². The van der Waals surface area contributed by atoms with Gasteiger partial charge in [0.1, 0.15) is 0 Å². The van der Waals surface area contributed by atoms with Crippen LogP contribution in [0.3, 0.4) is 0 Å². The Morgan fingerprint density at radius 3 is 2.36 bits per heavy atom. The number of nitro benzene ring substituents is 1. The number of benzene rings is 2. The molecule has 1 atom stereocenters. The normalized spacial score (nSPS) is 12.0. The van der Waals surface area contributed by atoms with Gasteiger partial charge in [-0.05, 0) is 43.9 Å². The summed E-state index contributed by atoms with van der Waals surface area (Å²) >= 11 is 0. The fraction of sp³-hybridized carbons (Fsp3) is 0.333. The number of hydrogen-bond acceptors (Lipinski definition) is 3. The van der Waals surface area contributed by atoms with Crippen LogP contribution in [0.25, 0.3) is 0 Å². The van der Waals surface area contributed by atoms with Crippen molar-refractivity contribution in [2.24, 2.45) is 0 Å². The molecular formula is C18H22N2O2. The van der Waals surface area contributed by atoms with Gasteiger partial charge in [-0.2, -0.15) is 0 Å². The molecule has 4 heteroatoms. The predicted molar refractivity (Wildman–Crippen MR) is 89.0 cm³/mol. The van der Waals surface area contributed by atoms with Crippen LogP contribution in [0.1, 0.15) is 24.5 Å². The van der Waals surface area contributed by atoms with Gasteiger partial charge in [0.25, 0.3) is 5.69 Å². The van der Waals surface area contributed by atoms with Crippen LogP contribution >= 0.6 is 0 Å². The molecule has 0 saturated carbocycles. The minimum atomic E-state index is -0.366. The summed E-state index contributed by atoms with van der Waals surface area (Å²) in [5, 5.41) is 14.1. The van der Waals surface area contributed by atoms with E-state index in [9.17, 15) is 10.1 Å². The fourth-order valence-corrected chi connectivity index (χ4v) is 2.47. The van der Waals surface area contributed by atoms with Gasteiger partial charge in [-0.25, -0.2) is 0 Å². The zero-order valence-corrected chi connectivity index (χ0v) is 12.9. The van der Waals surface area contributed by atoms with Crippen molar-refractivity contribution in [2.45, 2.75) is 32.2 Å². The summed E-state index contributed by atoms with van der Waals surface area (Å²) in [5.74, 6) is 0. The zero-order chi connectivity index (χ0) is 15.8. The number of nitrogens with zero attached hydrogens (tertiary/aromatic N) is 1. The van der Waals surface area contributed by atoms with Crippen molar-refractivity contribution < 1.29 is 4.92 Å². The lowest BCUT2D eigenvalue weighted by Crippen LogP contribution is -2.29. The zero-order valence-electron chi connectivity index (χ0n) is 12.9. The van der Waals surface area contributed by atoms with Crippen LogP contribution < -0.4 is 5.32 Å². The molecule has 0 aliphatic carbocycles. The van der Waals surface area contributed by atoms with Gasteiger partial charge in [-0.15, -0.1) is 0 Å². The molecule has 1 N–H and O–H groups in total. The lowest BCUT2D eigenvalue weighted by Gasteiger charge is -2.13. The van der Waals surface area contributed by atoms with E-state index in [2.05, 4.69) is 36.5 Å². The van der Waals surface area contributed by atoms with Crippen molar-refractivity contribution in [1.29, 1.82) is 0 Å². The number of non-ortho nitro benzene ring substituents is 1. The summed E-state index contributed by atoms with van der Waals surface area (Å²) in [4.78, 5) is 10.3. The highest BCUT2D eigenvalue weighted by molar-refractivity contribution is 5.33. The Kier molecular flexibility index (Phi) is 6.10. The van der Waals surface area contributed by atoms with Gasteiger partial charge >= 0.3 is 0 Å². The van der Waals surface area contributed by atoms with Crippen molar-refractivity contribution in [3.05, 3.63) is 75.8 Å². The second-order valence-electron chi connectivity index (χ2n) is 5.57. The molecule has 4 nitrogen and oxygen atoms in total. The molecule has 0 saturated heterocycles. The number of hydrogen-bond donors (Lipinski definition) is 1. The molecule has 116 valence electrons. The van der Waals surface area contributed by atoms with Crippen LogP contribution in [-0.2, 0) is 12.8 Å². The number of rotatable bonds is 8. The average molecular weight is 298 g/mol. The second kappa shape index (κ2) is 8.29. The molecule has 0 bridgehead atoms. The summed E-state index contributed by atoms with van der Waals surface area (Å²) in [6.07, 6.45) is 3.07. The molecule has 1 unspecified atom stereocenters. The Labute approximate surface area is 131 Å². The van der Waals surface area contributed by atoms with Gasteiger partial charge in [0.2, 0.25) is 0 Å². The van der Waals surface area contributed by atoms with Crippen molar-refractivity contribution in [3.63, 3.8) is 0 Å². The summed E-state index contributed by atoms with van der Waals surface area (Å²) < 4.78 is 0.